The first kappa shape index (κ1) is 11.8. The first-order chi connectivity index (χ1) is 7.88. The van der Waals surface area contributed by atoms with E-state index in [4.69, 9.17) is 5.73 Å². The van der Waals surface area contributed by atoms with Crippen molar-refractivity contribution in [3.05, 3.63) is 35.8 Å². The second-order valence-corrected chi connectivity index (χ2v) is 4.31. The quantitative estimate of drug-likeness (QED) is 0.798. The minimum atomic E-state index is -4.54. The molecule has 0 saturated heterocycles. The number of hydrogen-bond acceptors (Lipinski definition) is 3. The van der Waals surface area contributed by atoms with Crippen LogP contribution < -0.4 is 5.73 Å². The van der Waals surface area contributed by atoms with Crippen molar-refractivity contribution < 1.29 is 17.6 Å². The van der Waals surface area contributed by atoms with E-state index in [0.717, 1.165) is 23.5 Å². The van der Waals surface area contributed by atoms with Gasteiger partial charge in [0.25, 0.3) is 0 Å². The summed E-state index contributed by atoms with van der Waals surface area (Å²) in [6.07, 6.45) is -3.34. The lowest BCUT2D eigenvalue weighted by Gasteiger charge is -2.11. The van der Waals surface area contributed by atoms with Crippen LogP contribution in [0.4, 0.5) is 22.7 Å². The van der Waals surface area contributed by atoms with Gasteiger partial charge in [0.15, 0.2) is 5.13 Å². The molecule has 0 aliphatic heterocycles. The molecule has 0 unspecified atom stereocenters. The Labute approximate surface area is 97.7 Å². The maximum absolute atomic E-state index is 13.0. The van der Waals surface area contributed by atoms with Crippen molar-refractivity contribution in [2.45, 2.75) is 6.18 Å². The molecule has 0 radical (unpaired) electrons. The fourth-order valence-electron chi connectivity index (χ4n) is 1.38. The van der Waals surface area contributed by atoms with Crippen LogP contribution >= 0.6 is 11.3 Å². The molecule has 2 rings (SSSR count). The third-order valence-corrected chi connectivity index (χ3v) is 2.94. The molecule has 0 fully saturated rings. The summed E-state index contributed by atoms with van der Waals surface area (Å²) >= 11 is 0.880. The van der Waals surface area contributed by atoms with Gasteiger partial charge in [-0.15, -0.1) is 0 Å². The molecule has 2 aromatic rings. The topological polar surface area (TPSA) is 38.9 Å². The van der Waals surface area contributed by atoms with Crippen LogP contribution in [0, 0.1) is 5.82 Å². The molecule has 17 heavy (non-hydrogen) atoms. The molecule has 90 valence electrons. The van der Waals surface area contributed by atoms with Gasteiger partial charge in [-0.3, -0.25) is 0 Å². The summed E-state index contributed by atoms with van der Waals surface area (Å²) in [7, 11) is 0. The van der Waals surface area contributed by atoms with E-state index >= 15 is 0 Å². The summed E-state index contributed by atoms with van der Waals surface area (Å²) in [5, 5.41) is 0.136. The largest absolute Gasteiger partial charge is 0.417 e. The second-order valence-electron chi connectivity index (χ2n) is 3.25. The number of rotatable bonds is 1. The smallest absolute Gasteiger partial charge is 0.375 e. The number of nitrogen functional groups attached to an aromatic ring is 1. The molecule has 0 aliphatic carbocycles. The normalized spacial score (nSPS) is 11.8. The predicted molar refractivity (Wildman–Crippen MR) is 56.9 cm³/mol. The van der Waals surface area contributed by atoms with E-state index in [1.165, 1.54) is 6.20 Å². The predicted octanol–water partition coefficient (Wildman–Crippen LogP) is 3.55. The highest BCUT2D eigenvalue weighted by molar-refractivity contribution is 7.18. The lowest BCUT2D eigenvalue weighted by atomic mass is 10.1. The molecule has 0 amide bonds. The van der Waals surface area contributed by atoms with Gasteiger partial charge in [0, 0.05) is 11.8 Å². The van der Waals surface area contributed by atoms with Crippen molar-refractivity contribution in [3.63, 3.8) is 0 Å². The molecule has 2 nitrogen and oxygen atoms in total. The molecule has 1 heterocycles. The van der Waals surface area contributed by atoms with Gasteiger partial charge in [-0.05, 0) is 18.2 Å². The molecular formula is C10H6F4N2S. The van der Waals surface area contributed by atoms with Crippen LogP contribution in [0.15, 0.2) is 24.4 Å². The summed E-state index contributed by atoms with van der Waals surface area (Å²) in [5.41, 5.74) is 4.20. The summed E-state index contributed by atoms with van der Waals surface area (Å²) in [6, 6.07) is 2.31. The Morgan fingerprint density at radius 1 is 1.24 bits per heavy atom. The van der Waals surface area contributed by atoms with Crippen molar-refractivity contribution in [2.75, 3.05) is 5.73 Å². The monoisotopic (exact) mass is 262 g/mol. The number of nitrogens with zero attached hydrogens (tertiary/aromatic N) is 1. The number of benzene rings is 1. The zero-order valence-electron chi connectivity index (χ0n) is 8.25. The maximum atomic E-state index is 13.0. The van der Waals surface area contributed by atoms with E-state index in [0.29, 0.717) is 6.07 Å². The molecule has 1 aromatic heterocycles. The first-order valence-corrected chi connectivity index (χ1v) is 5.28. The fraction of sp³-hybridized carbons (Fsp3) is 0.100. The SMILES string of the molecule is Nc1ncc(-c2cc(F)ccc2C(F)(F)F)s1. The van der Waals surface area contributed by atoms with Crippen molar-refractivity contribution in [2.24, 2.45) is 0 Å². The van der Waals surface area contributed by atoms with E-state index in [1.807, 2.05) is 0 Å². The molecule has 0 spiro atoms. The standard InChI is InChI=1S/C10H6F4N2S/c11-5-1-2-7(10(12,13)14)6(3-5)8-4-16-9(15)17-8/h1-4H,(H2,15,16). The number of anilines is 1. The Hall–Kier alpha value is -1.63. The van der Waals surface area contributed by atoms with E-state index in [2.05, 4.69) is 4.98 Å². The molecular weight excluding hydrogens is 256 g/mol. The molecule has 0 saturated carbocycles. The molecule has 0 atom stereocenters. The molecule has 0 aliphatic rings. The van der Waals surface area contributed by atoms with Crippen LogP contribution in [-0.2, 0) is 6.18 Å². The van der Waals surface area contributed by atoms with Crippen molar-refractivity contribution in [1.82, 2.24) is 4.98 Å². The van der Waals surface area contributed by atoms with Gasteiger partial charge >= 0.3 is 6.18 Å². The van der Waals surface area contributed by atoms with Crippen molar-refractivity contribution >= 4 is 16.5 Å². The number of nitrogens with two attached hydrogens (primary N) is 1. The summed E-state index contributed by atoms with van der Waals surface area (Å²) in [5.74, 6) is -0.736. The Morgan fingerprint density at radius 3 is 2.47 bits per heavy atom. The van der Waals surface area contributed by atoms with E-state index in [-0.39, 0.29) is 15.6 Å². The van der Waals surface area contributed by atoms with Gasteiger partial charge < -0.3 is 5.73 Å². The van der Waals surface area contributed by atoms with Crippen LogP contribution in [0.3, 0.4) is 0 Å². The number of halogens is 4. The zero-order chi connectivity index (χ0) is 12.6. The Balaban J connectivity index is 2.63. The molecule has 1 aromatic carbocycles. The van der Waals surface area contributed by atoms with E-state index in [9.17, 15) is 17.6 Å². The fourth-order valence-corrected chi connectivity index (χ4v) is 2.09. The third-order valence-electron chi connectivity index (χ3n) is 2.08. The van der Waals surface area contributed by atoms with Gasteiger partial charge in [0.05, 0.1) is 10.4 Å². The molecule has 2 N–H and O–H groups in total. The number of hydrogen-bond donors (Lipinski definition) is 1. The molecule has 7 heteroatoms. The average molecular weight is 262 g/mol. The highest BCUT2D eigenvalue weighted by Gasteiger charge is 2.34. The van der Waals surface area contributed by atoms with Gasteiger partial charge in [-0.1, -0.05) is 11.3 Å². The lowest BCUT2D eigenvalue weighted by Crippen LogP contribution is -2.07. The van der Waals surface area contributed by atoms with E-state index < -0.39 is 17.6 Å². The summed E-state index contributed by atoms with van der Waals surface area (Å²) in [4.78, 5) is 3.84. The van der Waals surface area contributed by atoms with E-state index in [1.54, 1.807) is 0 Å². The van der Waals surface area contributed by atoms with Crippen molar-refractivity contribution in [1.29, 1.82) is 0 Å². The number of thiazole rings is 1. The van der Waals surface area contributed by atoms with Crippen LogP contribution in [0.1, 0.15) is 5.56 Å². The van der Waals surface area contributed by atoms with Crippen LogP contribution in [0.5, 0.6) is 0 Å². The third kappa shape index (κ3) is 2.38. The Morgan fingerprint density at radius 2 is 1.94 bits per heavy atom. The summed E-state index contributed by atoms with van der Waals surface area (Å²) in [6.45, 7) is 0. The summed E-state index contributed by atoms with van der Waals surface area (Å²) < 4.78 is 51.1. The zero-order valence-corrected chi connectivity index (χ0v) is 9.07. The maximum Gasteiger partial charge on any atom is 0.417 e. The molecule has 0 bridgehead atoms. The minimum absolute atomic E-state index is 0.136. The van der Waals surface area contributed by atoms with Gasteiger partial charge in [-0.25, -0.2) is 9.37 Å². The van der Waals surface area contributed by atoms with Crippen LogP contribution in [-0.4, -0.2) is 4.98 Å². The van der Waals surface area contributed by atoms with Gasteiger partial charge in [0.2, 0.25) is 0 Å². The number of aromatic nitrogens is 1. The van der Waals surface area contributed by atoms with Crippen LogP contribution in [0.2, 0.25) is 0 Å². The lowest BCUT2D eigenvalue weighted by molar-refractivity contribution is -0.137. The Bertz CT molecular complexity index is 547. The van der Waals surface area contributed by atoms with Crippen molar-refractivity contribution in [3.8, 4) is 10.4 Å². The Kier molecular flexibility index (Phi) is 2.78. The highest BCUT2D eigenvalue weighted by atomic mass is 32.1. The van der Waals surface area contributed by atoms with Gasteiger partial charge in [-0.2, -0.15) is 13.2 Å². The minimum Gasteiger partial charge on any atom is -0.375 e. The second kappa shape index (κ2) is 3.99. The first-order valence-electron chi connectivity index (χ1n) is 4.46. The highest BCUT2D eigenvalue weighted by Crippen LogP contribution is 2.39. The average Bonchev–Trinajstić information content (AvgIpc) is 2.62. The van der Waals surface area contributed by atoms with Crippen LogP contribution in [0.25, 0.3) is 10.4 Å². The van der Waals surface area contributed by atoms with Gasteiger partial charge in [0.1, 0.15) is 5.82 Å². The number of alkyl halides is 3.